The molecule has 2 aromatic carbocycles. The first-order chi connectivity index (χ1) is 10.1. The van der Waals surface area contributed by atoms with Crippen LogP contribution < -0.4 is 5.14 Å². The first-order valence-corrected chi connectivity index (χ1v) is 8.33. The van der Waals surface area contributed by atoms with E-state index in [0.29, 0.717) is 0 Å². The van der Waals surface area contributed by atoms with Gasteiger partial charge in [-0.15, -0.1) is 0 Å². The maximum Gasteiger partial charge on any atom is 0.239 e. The van der Waals surface area contributed by atoms with Crippen molar-refractivity contribution in [2.24, 2.45) is 5.14 Å². The molecule has 1 radical (unpaired) electrons. The van der Waals surface area contributed by atoms with Crippen LogP contribution in [0.15, 0.2) is 35.2 Å². The monoisotopic (exact) mass is 378 g/mol. The molecule has 9 heteroatoms. The van der Waals surface area contributed by atoms with Gasteiger partial charge in [-0.25, -0.2) is 13.6 Å². The van der Waals surface area contributed by atoms with Crippen LogP contribution in [-0.4, -0.2) is 14.2 Å². The van der Waals surface area contributed by atoms with Crippen LogP contribution in [0.5, 0.6) is 5.75 Å². The van der Waals surface area contributed by atoms with Crippen molar-refractivity contribution in [3.05, 3.63) is 56.5 Å². The van der Waals surface area contributed by atoms with Gasteiger partial charge in [0.1, 0.15) is 9.92 Å². The van der Waals surface area contributed by atoms with Crippen LogP contribution in [0.2, 0.25) is 15.1 Å². The molecule has 0 aliphatic rings. The molecular weight excluding hydrogens is 373 g/mol. The summed E-state index contributed by atoms with van der Waals surface area (Å²) in [5, 5.41) is 15.8. The van der Waals surface area contributed by atoms with E-state index in [1.807, 2.05) is 0 Å². The lowest BCUT2D eigenvalue weighted by Crippen LogP contribution is -2.14. The van der Waals surface area contributed by atoms with Gasteiger partial charge in [0.05, 0.1) is 10.0 Å². The highest BCUT2D eigenvalue weighted by atomic mass is 35.5. The molecule has 2 rings (SSSR count). The third-order valence-corrected chi connectivity index (χ3v) is 5.05. The van der Waals surface area contributed by atoms with Gasteiger partial charge >= 0.3 is 0 Å². The molecule has 2 N–H and O–H groups in total. The molecule has 22 heavy (non-hydrogen) atoms. The molecule has 0 bridgehead atoms. The van der Waals surface area contributed by atoms with Crippen molar-refractivity contribution in [2.75, 3.05) is 0 Å². The minimum atomic E-state index is -4.09. The summed E-state index contributed by atoms with van der Waals surface area (Å²) in [6.45, 7) is 0. The molecule has 0 unspecified atom stereocenters. The highest BCUT2D eigenvalue weighted by molar-refractivity contribution is 7.89. The maximum absolute atomic E-state index is 12.4. The number of carbonyl (C=O) groups is 1. The molecule has 0 saturated carbocycles. The molecule has 2 aromatic rings. The summed E-state index contributed by atoms with van der Waals surface area (Å²) in [6, 6.07) is 5.89. The van der Waals surface area contributed by atoms with Crippen molar-refractivity contribution in [1.82, 2.24) is 0 Å². The summed E-state index contributed by atoms with van der Waals surface area (Å²) in [5.41, 5.74) is -0.0426. The fourth-order valence-electron chi connectivity index (χ4n) is 1.73. The van der Waals surface area contributed by atoms with Crippen molar-refractivity contribution in [3.63, 3.8) is 0 Å². The topological polar surface area (TPSA) is 97.1 Å². The number of rotatable bonds is 3. The first-order valence-electron chi connectivity index (χ1n) is 5.65. The van der Waals surface area contributed by atoms with E-state index in [2.05, 4.69) is 0 Å². The van der Waals surface area contributed by atoms with Crippen molar-refractivity contribution >= 4 is 50.6 Å². The van der Waals surface area contributed by atoms with E-state index in [1.54, 1.807) is 0 Å². The van der Waals surface area contributed by atoms with E-state index in [0.717, 1.165) is 12.1 Å². The van der Waals surface area contributed by atoms with Gasteiger partial charge in [-0.3, -0.25) is 9.90 Å². The number of benzene rings is 2. The Morgan fingerprint density at radius 2 is 1.64 bits per heavy atom. The second kappa shape index (κ2) is 6.06. The third-order valence-electron chi connectivity index (χ3n) is 2.79. The molecule has 0 aliphatic carbocycles. The lowest BCUT2D eigenvalue weighted by atomic mass is 10.0. The number of carbonyl (C=O) groups excluding carboxylic acids is 1. The Kier molecular flexibility index (Phi) is 4.70. The van der Waals surface area contributed by atoms with Gasteiger partial charge in [0.15, 0.2) is 11.5 Å². The number of sulfonamides is 1. The van der Waals surface area contributed by atoms with E-state index < -0.39 is 21.6 Å². The summed E-state index contributed by atoms with van der Waals surface area (Å²) in [6.07, 6.45) is 0. The number of primary sulfonamides is 1. The number of halogens is 3. The van der Waals surface area contributed by atoms with Gasteiger partial charge in [-0.05, 0) is 30.3 Å². The molecule has 0 amide bonds. The Morgan fingerprint density at radius 1 is 1.00 bits per heavy atom. The summed E-state index contributed by atoms with van der Waals surface area (Å²) in [4.78, 5) is 12.0. The lowest BCUT2D eigenvalue weighted by Gasteiger charge is -2.08. The van der Waals surface area contributed by atoms with Gasteiger partial charge in [0, 0.05) is 11.1 Å². The van der Waals surface area contributed by atoms with Gasteiger partial charge in [-0.2, -0.15) is 0 Å². The molecule has 5 nitrogen and oxygen atoms in total. The van der Waals surface area contributed by atoms with E-state index in [-0.39, 0.29) is 31.1 Å². The average molecular weight is 380 g/mol. The Hall–Kier alpha value is -1.31. The van der Waals surface area contributed by atoms with Gasteiger partial charge in [0.25, 0.3) is 0 Å². The highest BCUT2D eigenvalue weighted by Gasteiger charge is 2.21. The SMILES string of the molecule is NS(=O)(=O)c1cc(C(=O)c2ccc([O])c(Cl)c2Cl)ccc1Cl. The molecule has 0 fully saturated rings. The summed E-state index contributed by atoms with van der Waals surface area (Å²) >= 11 is 17.3. The van der Waals surface area contributed by atoms with Crippen molar-refractivity contribution in [1.29, 1.82) is 0 Å². The van der Waals surface area contributed by atoms with Crippen LogP contribution >= 0.6 is 34.8 Å². The zero-order chi connectivity index (χ0) is 16.7. The molecule has 0 spiro atoms. The van der Waals surface area contributed by atoms with Gasteiger partial charge in [0.2, 0.25) is 10.0 Å². The number of hydrogen-bond donors (Lipinski definition) is 1. The first kappa shape index (κ1) is 17.1. The van der Waals surface area contributed by atoms with E-state index >= 15 is 0 Å². The Bertz CT molecular complexity index is 881. The van der Waals surface area contributed by atoms with Gasteiger partial charge < -0.3 is 0 Å². The molecule has 0 aromatic heterocycles. The predicted molar refractivity (Wildman–Crippen MR) is 82.9 cm³/mol. The van der Waals surface area contributed by atoms with E-state index in [1.165, 1.54) is 18.2 Å². The summed E-state index contributed by atoms with van der Waals surface area (Å²) in [5.74, 6) is -1.14. The van der Waals surface area contributed by atoms with Crippen molar-refractivity contribution in [2.45, 2.75) is 4.90 Å². The van der Waals surface area contributed by atoms with E-state index in [9.17, 15) is 18.3 Å². The normalized spacial score (nSPS) is 11.5. The van der Waals surface area contributed by atoms with Crippen LogP contribution in [0.3, 0.4) is 0 Å². The van der Waals surface area contributed by atoms with Gasteiger partial charge in [-0.1, -0.05) is 34.8 Å². The smallest absolute Gasteiger partial charge is 0.239 e. The van der Waals surface area contributed by atoms with Crippen molar-refractivity contribution < 1.29 is 18.3 Å². The lowest BCUT2D eigenvalue weighted by molar-refractivity contribution is 0.103. The second-order valence-corrected chi connectivity index (χ2v) is 6.95. The number of ketones is 1. The quantitative estimate of drug-likeness (QED) is 0.824. The molecular formula is C13H7Cl3NO4S. The Morgan fingerprint density at radius 3 is 2.23 bits per heavy atom. The minimum absolute atomic E-state index is 0.00922. The Balaban J connectivity index is 2.59. The molecule has 0 atom stereocenters. The average Bonchev–Trinajstić information content (AvgIpc) is 2.43. The van der Waals surface area contributed by atoms with Crippen molar-refractivity contribution in [3.8, 4) is 5.75 Å². The second-order valence-electron chi connectivity index (χ2n) is 4.26. The fourth-order valence-corrected chi connectivity index (χ4v) is 3.20. The zero-order valence-corrected chi connectivity index (χ0v) is 13.7. The molecule has 0 aliphatic heterocycles. The van der Waals surface area contributed by atoms with E-state index in [4.69, 9.17) is 39.9 Å². The van der Waals surface area contributed by atoms with Crippen LogP contribution in [0.1, 0.15) is 15.9 Å². The van der Waals surface area contributed by atoms with Crippen LogP contribution in [0.25, 0.3) is 0 Å². The standard InChI is InChI=1S/C13H7Cl3NO4S/c14-8-3-1-6(5-10(8)22(17,20)21)13(19)7-2-4-9(18)12(16)11(7)15/h1-5H,(H2,17,20,21). The fraction of sp³-hybridized carbons (Fsp3) is 0. The van der Waals surface area contributed by atoms with Crippen LogP contribution in [0, 0.1) is 0 Å². The molecule has 0 heterocycles. The zero-order valence-electron chi connectivity index (χ0n) is 10.6. The maximum atomic E-state index is 12.4. The van der Waals surface area contributed by atoms with Crippen LogP contribution in [-0.2, 0) is 15.1 Å². The number of nitrogens with two attached hydrogens (primary N) is 1. The third kappa shape index (κ3) is 3.21. The molecule has 115 valence electrons. The largest absolute Gasteiger partial charge is 0.289 e. The summed E-state index contributed by atoms with van der Waals surface area (Å²) < 4.78 is 22.8. The molecule has 0 saturated heterocycles. The minimum Gasteiger partial charge on any atom is -0.289 e. The predicted octanol–water partition coefficient (Wildman–Crippen LogP) is 3.67. The summed E-state index contributed by atoms with van der Waals surface area (Å²) in [7, 11) is -4.09. The number of hydrogen-bond acceptors (Lipinski definition) is 3. The Labute approximate surface area is 141 Å². The van der Waals surface area contributed by atoms with Crippen LogP contribution in [0.4, 0.5) is 0 Å². The highest BCUT2D eigenvalue weighted by Crippen LogP contribution is 2.35.